The molecule has 1 N–H and O–H groups in total. The molecular formula is C20H25NO3. The first-order chi connectivity index (χ1) is 11.7. The highest BCUT2D eigenvalue weighted by molar-refractivity contribution is 5.89. The van der Waals surface area contributed by atoms with Gasteiger partial charge in [0, 0.05) is 12.6 Å². The monoisotopic (exact) mass is 327 g/mol. The first-order valence-corrected chi connectivity index (χ1v) is 9.00. The molecule has 24 heavy (non-hydrogen) atoms. The minimum atomic E-state index is -0.455. The van der Waals surface area contributed by atoms with Crippen molar-refractivity contribution in [2.75, 3.05) is 13.7 Å². The van der Waals surface area contributed by atoms with Crippen molar-refractivity contribution in [1.82, 2.24) is 4.90 Å². The molecule has 1 amide bonds. The van der Waals surface area contributed by atoms with Gasteiger partial charge in [-0.3, -0.25) is 4.79 Å². The molecule has 1 aliphatic heterocycles. The summed E-state index contributed by atoms with van der Waals surface area (Å²) in [6.45, 7) is 0.416. The smallest absolute Gasteiger partial charge is 0.247 e. The molecular weight excluding hydrogens is 302 g/mol. The normalized spacial score (nSPS) is 26.3. The Labute approximate surface area is 143 Å². The molecule has 2 atom stereocenters. The summed E-state index contributed by atoms with van der Waals surface area (Å²) in [6.07, 6.45) is 6.96. The zero-order valence-corrected chi connectivity index (χ0v) is 14.1. The number of aliphatic hydroxyl groups is 1. The molecule has 1 heterocycles. The molecule has 4 heteroatoms. The van der Waals surface area contributed by atoms with E-state index in [1.54, 1.807) is 7.11 Å². The molecule has 1 aromatic rings. The second kappa shape index (κ2) is 6.25. The fourth-order valence-electron chi connectivity index (χ4n) is 3.85. The van der Waals surface area contributed by atoms with Crippen molar-refractivity contribution in [3.05, 3.63) is 41.5 Å². The predicted molar refractivity (Wildman–Crippen MR) is 91.6 cm³/mol. The highest BCUT2D eigenvalue weighted by Crippen LogP contribution is 2.49. The Balaban J connectivity index is 1.57. The number of hydrogen-bond donors (Lipinski definition) is 1. The summed E-state index contributed by atoms with van der Waals surface area (Å²) in [5.74, 6) is 2.13. The lowest BCUT2D eigenvalue weighted by Gasteiger charge is -2.24. The second-order valence-corrected chi connectivity index (χ2v) is 7.37. The van der Waals surface area contributed by atoms with Gasteiger partial charge in [-0.1, -0.05) is 17.7 Å². The molecule has 0 unspecified atom stereocenters. The number of β-amino-alcohol motifs (C(OH)–C–C–N with tert-alkyl or cyclic N) is 1. The van der Waals surface area contributed by atoms with Gasteiger partial charge in [-0.15, -0.1) is 0 Å². The number of hydrogen-bond acceptors (Lipinski definition) is 3. The van der Waals surface area contributed by atoms with Crippen molar-refractivity contribution < 1.29 is 14.6 Å². The standard InChI is InChI=1S/C20H25NO3/c1-24-17-4-2-3-15(9-17)19-10-16(22)12-21(19)20(23)11-18(13-5-6-13)14-7-8-14/h2-4,9,11,13-14,16,19,22H,5-8,10,12H2,1H3/t16-,19-/m1/s1. The Kier molecular flexibility index (Phi) is 4.09. The van der Waals surface area contributed by atoms with Gasteiger partial charge in [-0.25, -0.2) is 0 Å². The lowest BCUT2D eigenvalue weighted by molar-refractivity contribution is -0.127. The number of aliphatic hydroxyl groups excluding tert-OH is 1. The SMILES string of the molecule is COc1cccc([C@H]2C[C@@H](O)CN2C(=O)C=C(C2CC2)C2CC2)c1. The Morgan fingerprint density at radius 2 is 1.96 bits per heavy atom. The van der Waals surface area contributed by atoms with Crippen LogP contribution in [0.15, 0.2) is 35.9 Å². The third-order valence-corrected chi connectivity index (χ3v) is 5.43. The van der Waals surface area contributed by atoms with E-state index < -0.39 is 6.10 Å². The Morgan fingerprint density at radius 3 is 2.58 bits per heavy atom. The summed E-state index contributed by atoms with van der Waals surface area (Å²) in [4.78, 5) is 14.7. The average Bonchev–Trinajstić information content (AvgIpc) is 3.50. The van der Waals surface area contributed by atoms with Crippen LogP contribution in [-0.2, 0) is 4.79 Å². The summed E-state index contributed by atoms with van der Waals surface area (Å²) in [5.41, 5.74) is 2.40. The minimum Gasteiger partial charge on any atom is -0.497 e. The number of benzene rings is 1. The lowest BCUT2D eigenvalue weighted by atomic mass is 10.0. The van der Waals surface area contributed by atoms with Crippen LogP contribution in [0.1, 0.15) is 43.7 Å². The van der Waals surface area contributed by atoms with E-state index in [4.69, 9.17) is 4.74 Å². The van der Waals surface area contributed by atoms with E-state index in [0.29, 0.717) is 24.8 Å². The van der Waals surface area contributed by atoms with Crippen molar-refractivity contribution in [3.8, 4) is 5.75 Å². The van der Waals surface area contributed by atoms with Crippen LogP contribution in [0.2, 0.25) is 0 Å². The van der Waals surface area contributed by atoms with E-state index >= 15 is 0 Å². The number of carbonyl (C=O) groups is 1. The van der Waals surface area contributed by atoms with Gasteiger partial charge in [0.2, 0.25) is 5.91 Å². The van der Waals surface area contributed by atoms with Crippen molar-refractivity contribution in [3.63, 3.8) is 0 Å². The molecule has 2 saturated carbocycles. The van der Waals surface area contributed by atoms with Crippen molar-refractivity contribution >= 4 is 5.91 Å². The van der Waals surface area contributed by atoms with Gasteiger partial charge in [-0.2, -0.15) is 0 Å². The van der Waals surface area contributed by atoms with Crippen LogP contribution in [0, 0.1) is 11.8 Å². The maximum atomic E-state index is 12.9. The molecule has 4 rings (SSSR count). The Hall–Kier alpha value is -1.81. The van der Waals surface area contributed by atoms with Crippen molar-refractivity contribution in [1.29, 1.82) is 0 Å². The third kappa shape index (κ3) is 3.20. The average molecular weight is 327 g/mol. The van der Waals surface area contributed by atoms with Gasteiger partial charge < -0.3 is 14.7 Å². The number of methoxy groups -OCH3 is 1. The number of likely N-dealkylation sites (tertiary alicyclic amines) is 1. The fourth-order valence-corrected chi connectivity index (χ4v) is 3.85. The van der Waals surface area contributed by atoms with Gasteiger partial charge in [0.1, 0.15) is 5.75 Å². The zero-order valence-electron chi connectivity index (χ0n) is 14.1. The van der Waals surface area contributed by atoms with Gasteiger partial charge >= 0.3 is 0 Å². The van der Waals surface area contributed by atoms with Crippen LogP contribution in [0.5, 0.6) is 5.75 Å². The number of rotatable bonds is 5. The molecule has 2 aliphatic carbocycles. The maximum absolute atomic E-state index is 12.9. The highest BCUT2D eigenvalue weighted by Gasteiger charge is 2.39. The van der Waals surface area contributed by atoms with Crippen LogP contribution in [0.25, 0.3) is 0 Å². The summed E-state index contributed by atoms with van der Waals surface area (Å²) in [5, 5.41) is 10.1. The van der Waals surface area contributed by atoms with Crippen LogP contribution in [0.4, 0.5) is 0 Å². The summed E-state index contributed by atoms with van der Waals surface area (Å²) in [6, 6.07) is 7.75. The maximum Gasteiger partial charge on any atom is 0.247 e. The van der Waals surface area contributed by atoms with Crippen LogP contribution >= 0.6 is 0 Å². The van der Waals surface area contributed by atoms with Gasteiger partial charge in [-0.05, 0) is 61.6 Å². The summed E-state index contributed by atoms with van der Waals surface area (Å²) >= 11 is 0. The van der Waals surface area contributed by atoms with E-state index in [2.05, 4.69) is 0 Å². The van der Waals surface area contributed by atoms with Gasteiger partial charge in [0.05, 0.1) is 19.3 Å². The number of nitrogens with zero attached hydrogens (tertiary/aromatic N) is 1. The highest BCUT2D eigenvalue weighted by atomic mass is 16.5. The summed E-state index contributed by atoms with van der Waals surface area (Å²) < 4.78 is 5.30. The first kappa shape index (κ1) is 15.7. The van der Waals surface area contributed by atoms with Crippen LogP contribution < -0.4 is 4.74 Å². The van der Waals surface area contributed by atoms with Crippen LogP contribution in [0.3, 0.4) is 0 Å². The summed E-state index contributed by atoms with van der Waals surface area (Å²) in [7, 11) is 1.64. The molecule has 0 radical (unpaired) electrons. The topological polar surface area (TPSA) is 49.8 Å². The molecule has 0 aromatic heterocycles. The van der Waals surface area contributed by atoms with E-state index in [-0.39, 0.29) is 11.9 Å². The van der Waals surface area contributed by atoms with Crippen LogP contribution in [-0.4, -0.2) is 35.7 Å². The number of amides is 1. The van der Waals surface area contributed by atoms with E-state index in [0.717, 1.165) is 11.3 Å². The second-order valence-electron chi connectivity index (χ2n) is 7.37. The number of carbonyl (C=O) groups excluding carboxylic acids is 1. The Morgan fingerprint density at radius 1 is 1.25 bits per heavy atom. The Bertz CT molecular complexity index is 647. The molecule has 1 saturated heterocycles. The number of allylic oxidation sites excluding steroid dienone is 1. The third-order valence-electron chi connectivity index (χ3n) is 5.43. The van der Waals surface area contributed by atoms with E-state index in [1.807, 2.05) is 35.2 Å². The van der Waals surface area contributed by atoms with Crippen molar-refractivity contribution in [2.24, 2.45) is 11.8 Å². The first-order valence-electron chi connectivity index (χ1n) is 9.00. The van der Waals surface area contributed by atoms with E-state index in [1.165, 1.54) is 31.3 Å². The van der Waals surface area contributed by atoms with Gasteiger partial charge in [0.15, 0.2) is 0 Å². The molecule has 3 fully saturated rings. The molecule has 128 valence electrons. The quantitative estimate of drug-likeness (QED) is 0.846. The fraction of sp³-hybridized carbons (Fsp3) is 0.550. The molecule has 0 bridgehead atoms. The van der Waals surface area contributed by atoms with Gasteiger partial charge in [0.25, 0.3) is 0 Å². The van der Waals surface area contributed by atoms with E-state index in [9.17, 15) is 9.90 Å². The molecule has 3 aliphatic rings. The molecule has 4 nitrogen and oxygen atoms in total. The largest absolute Gasteiger partial charge is 0.497 e. The minimum absolute atomic E-state index is 0.0631. The molecule has 0 spiro atoms. The van der Waals surface area contributed by atoms with Crippen molar-refractivity contribution in [2.45, 2.75) is 44.2 Å². The predicted octanol–water partition coefficient (Wildman–Crippen LogP) is 3.08. The number of ether oxygens (including phenoxy) is 1. The lowest BCUT2D eigenvalue weighted by Crippen LogP contribution is -2.30. The molecule has 1 aromatic carbocycles. The zero-order chi connectivity index (χ0) is 16.7.